The van der Waals surface area contributed by atoms with Gasteiger partial charge in [0.05, 0.1) is 16.1 Å². The zero-order chi connectivity index (χ0) is 19.2. The number of hydrogen-bond acceptors (Lipinski definition) is 4. The summed E-state index contributed by atoms with van der Waals surface area (Å²) in [7, 11) is -4.19. The van der Waals surface area contributed by atoms with Gasteiger partial charge >= 0.3 is 7.12 Å². The van der Waals surface area contributed by atoms with E-state index < -0.39 is 28.3 Å². The minimum absolute atomic E-state index is 0. The maximum absolute atomic E-state index is 12.6. The van der Waals surface area contributed by atoms with Gasteiger partial charge in [0.15, 0.2) is 0 Å². The van der Waals surface area contributed by atoms with Gasteiger partial charge in [0.25, 0.3) is 10.0 Å². The van der Waals surface area contributed by atoms with E-state index in [0.717, 1.165) is 11.0 Å². The van der Waals surface area contributed by atoms with Crippen molar-refractivity contribution in [2.45, 2.75) is 58.1 Å². The summed E-state index contributed by atoms with van der Waals surface area (Å²) in [6, 6.07) is 13.8. The molecule has 1 aliphatic heterocycles. The monoisotopic (exact) mass is 391 g/mol. The number of hydrogen-bond donors (Lipinski definition) is 1. The molecule has 0 radical (unpaired) electrons. The van der Waals surface area contributed by atoms with E-state index in [9.17, 15) is 8.42 Å². The molecule has 0 unspecified atom stereocenters. The van der Waals surface area contributed by atoms with E-state index in [2.05, 4.69) is 4.72 Å². The Morgan fingerprint density at radius 3 is 2.07 bits per heavy atom. The van der Waals surface area contributed by atoms with Gasteiger partial charge in [0, 0.05) is 7.11 Å². The van der Waals surface area contributed by atoms with Crippen LogP contribution in [0.15, 0.2) is 53.4 Å². The molecule has 27 heavy (non-hydrogen) atoms. The lowest BCUT2D eigenvalue weighted by Crippen LogP contribution is -2.41. The fourth-order valence-corrected chi connectivity index (χ4v) is 3.71. The number of rotatable bonds is 4. The highest BCUT2D eigenvalue weighted by molar-refractivity contribution is 7.92. The molecule has 2 aromatic rings. The van der Waals surface area contributed by atoms with Gasteiger partial charge in [-0.2, -0.15) is 0 Å². The summed E-state index contributed by atoms with van der Waals surface area (Å²) in [6.45, 7) is 9.85. The molecule has 0 bridgehead atoms. The highest BCUT2D eigenvalue weighted by Crippen LogP contribution is 2.36. The second kappa shape index (κ2) is 7.30. The average Bonchev–Trinajstić information content (AvgIpc) is 2.76. The summed E-state index contributed by atoms with van der Waals surface area (Å²) in [5, 5.41) is 0. The predicted molar refractivity (Wildman–Crippen MR) is 113 cm³/mol. The maximum Gasteiger partial charge on any atom is 0.494 e. The van der Waals surface area contributed by atoms with Gasteiger partial charge in [-0.15, -0.1) is 0 Å². The van der Waals surface area contributed by atoms with Gasteiger partial charge in [-0.1, -0.05) is 37.3 Å². The number of benzene rings is 2. The van der Waals surface area contributed by atoms with Crippen molar-refractivity contribution in [3.8, 4) is 0 Å². The molecule has 0 spiro atoms. The van der Waals surface area contributed by atoms with Gasteiger partial charge in [-0.25, -0.2) is 8.42 Å². The van der Waals surface area contributed by atoms with Crippen molar-refractivity contribution < 1.29 is 19.2 Å². The first kappa shape index (κ1) is 21.5. The van der Waals surface area contributed by atoms with Crippen LogP contribution in [0.5, 0.6) is 0 Å². The Kier molecular flexibility index (Phi) is 5.81. The Bertz CT molecular complexity index is 898. The summed E-state index contributed by atoms with van der Waals surface area (Å²) >= 11 is 0. The Hall–Kier alpha value is -1.83. The van der Waals surface area contributed by atoms with E-state index in [1.54, 1.807) is 42.5 Å². The fraction of sp³-hybridized carbons (Fsp3) is 0.400. The molecule has 1 heterocycles. The van der Waals surface area contributed by atoms with Gasteiger partial charge in [0.1, 0.15) is 0 Å². The molecule has 0 atom stereocenters. The van der Waals surface area contributed by atoms with Crippen molar-refractivity contribution in [2.24, 2.45) is 0 Å². The van der Waals surface area contributed by atoms with E-state index in [-0.39, 0.29) is 13.7 Å². The average molecular weight is 391 g/mol. The summed E-state index contributed by atoms with van der Waals surface area (Å²) in [5.41, 5.74) is 1.35. The summed E-state index contributed by atoms with van der Waals surface area (Å²) in [6.07, 6.45) is 0. The highest BCUT2D eigenvalue weighted by Gasteiger charge is 2.51. The van der Waals surface area contributed by atoms with E-state index in [1.165, 1.54) is 0 Å². The van der Waals surface area contributed by atoms with Crippen molar-refractivity contribution in [2.75, 3.05) is 4.72 Å². The minimum Gasteiger partial charge on any atom is -0.399 e. The van der Waals surface area contributed by atoms with Crippen molar-refractivity contribution >= 4 is 28.3 Å². The molecule has 0 saturated carbocycles. The second-order valence-corrected chi connectivity index (χ2v) is 9.31. The Labute approximate surface area is 164 Å². The largest absolute Gasteiger partial charge is 0.494 e. The topological polar surface area (TPSA) is 64.6 Å². The Balaban J connectivity index is 0.00000196. The maximum atomic E-state index is 12.6. The first-order chi connectivity index (χ1) is 12.0. The molecular formula is C20H30BNO4S. The summed E-state index contributed by atoms with van der Waals surface area (Å²) in [4.78, 5) is 0.226. The van der Waals surface area contributed by atoms with Crippen LogP contribution in [0.3, 0.4) is 0 Å². The van der Waals surface area contributed by atoms with Gasteiger partial charge < -0.3 is 9.31 Å². The molecule has 7 heteroatoms. The van der Waals surface area contributed by atoms with Crippen LogP contribution < -0.4 is 10.2 Å². The van der Waals surface area contributed by atoms with Crippen LogP contribution in [0, 0.1) is 6.92 Å². The van der Waals surface area contributed by atoms with Crippen LogP contribution >= 0.6 is 0 Å². The summed E-state index contributed by atoms with van der Waals surface area (Å²) in [5.74, 6) is 0. The zero-order valence-electron chi connectivity index (χ0n) is 15.7. The molecule has 148 valence electrons. The predicted octanol–water partition coefficient (Wildman–Crippen LogP) is 3.98. The van der Waals surface area contributed by atoms with E-state index >= 15 is 0 Å². The quantitative estimate of drug-likeness (QED) is 0.801. The summed E-state index contributed by atoms with van der Waals surface area (Å²) < 4.78 is 39.8. The van der Waals surface area contributed by atoms with E-state index in [4.69, 9.17) is 9.31 Å². The van der Waals surface area contributed by atoms with Crippen LogP contribution in [-0.2, 0) is 19.3 Å². The molecule has 0 amide bonds. The molecule has 5 nitrogen and oxygen atoms in total. The highest BCUT2D eigenvalue weighted by atomic mass is 32.2. The van der Waals surface area contributed by atoms with Gasteiger partial charge in [0.2, 0.25) is 0 Å². The molecule has 3 rings (SSSR count). The van der Waals surface area contributed by atoms with Crippen LogP contribution in [0.25, 0.3) is 0 Å². The molecule has 1 N–H and O–H groups in total. The van der Waals surface area contributed by atoms with Crippen molar-refractivity contribution in [3.63, 3.8) is 0 Å². The molecule has 1 aliphatic rings. The van der Waals surface area contributed by atoms with Crippen molar-refractivity contribution in [1.82, 2.24) is 0 Å². The molecular weight excluding hydrogens is 361 g/mol. The molecule has 0 aliphatic carbocycles. The molecule has 1 fully saturated rings. The Morgan fingerprint density at radius 1 is 0.963 bits per heavy atom. The standard InChI is InChI=1S/C19H24BNO4S.CH4.H2/c1-14-9-11-17(12-10-14)26(22,23)21-16-8-6-7-15(13-16)20-24-18(2,3)19(4,5)25-20;;/h6-13,21H,1-5H3;1H4;1H. The SMILES string of the molecule is C.Cc1ccc(S(=O)(=O)Nc2cccc(B3OC(C)(C)C(C)(C)O3)c2)cc1.[HH]. The molecule has 2 aromatic carbocycles. The lowest BCUT2D eigenvalue weighted by Gasteiger charge is -2.32. The van der Waals surface area contributed by atoms with Crippen molar-refractivity contribution in [3.05, 3.63) is 54.1 Å². The molecule has 1 saturated heterocycles. The van der Waals surface area contributed by atoms with E-state index in [0.29, 0.717) is 5.69 Å². The third-order valence-electron chi connectivity index (χ3n) is 5.00. The van der Waals surface area contributed by atoms with Gasteiger partial charge in [-0.05, 0) is 64.3 Å². The van der Waals surface area contributed by atoms with Crippen LogP contribution in [-0.4, -0.2) is 26.7 Å². The van der Waals surface area contributed by atoms with Crippen LogP contribution in [0.2, 0.25) is 0 Å². The van der Waals surface area contributed by atoms with Crippen molar-refractivity contribution in [1.29, 1.82) is 0 Å². The zero-order valence-corrected chi connectivity index (χ0v) is 16.6. The smallest absolute Gasteiger partial charge is 0.399 e. The first-order valence-electron chi connectivity index (χ1n) is 8.55. The third-order valence-corrected chi connectivity index (χ3v) is 6.39. The number of nitrogens with one attached hydrogen (secondary N) is 1. The van der Waals surface area contributed by atoms with Gasteiger partial charge in [-0.3, -0.25) is 4.72 Å². The Morgan fingerprint density at radius 2 is 1.52 bits per heavy atom. The van der Waals surface area contributed by atoms with E-state index in [1.807, 2.05) is 40.7 Å². The normalized spacial score (nSPS) is 18.0. The number of sulfonamides is 1. The second-order valence-electron chi connectivity index (χ2n) is 7.63. The van der Waals surface area contributed by atoms with Crippen LogP contribution in [0.4, 0.5) is 5.69 Å². The third kappa shape index (κ3) is 4.37. The molecule has 0 aromatic heterocycles. The fourth-order valence-electron chi connectivity index (χ4n) is 2.66. The lowest BCUT2D eigenvalue weighted by atomic mass is 9.79. The first-order valence-corrected chi connectivity index (χ1v) is 10.0. The number of anilines is 1. The lowest BCUT2D eigenvalue weighted by molar-refractivity contribution is 0.00578. The minimum atomic E-state index is -3.65. The van der Waals surface area contributed by atoms with Crippen LogP contribution in [0.1, 0.15) is 42.1 Å². The number of aryl methyl sites for hydroxylation is 1.